The van der Waals surface area contributed by atoms with Crippen LogP contribution in [-0.4, -0.2) is 17.8 Å². The minimum atomic E-state index is -0.146. The van der Waals surface area contributed by atoms with Gasteiger partial charge in [-0.15, -0.1) is 11.3 Å². The summed E-state index contributed by atoms with van der Waals surface area (Å²) in [6, 6.07) is 2.51. The topological polar surface area (TPSA) is 32.3 Å². The summed E-state index contributed by atoms with van der Waals surface area (Å²) in [4.78, 5) is 1.39. The van der Waals surface area contributed by atoms with Gasteiger partial charge in [-0.1, -0.05) is 0 Å². The van der Waals surface area contributed by atoms with Crippen LogP contribution in [0.4, 0.5) is 0 Å². The second-order valence-corrected chi connectivity index (χ2v) is 5.45. The molecule has 1 heterocycles. The molecule has 1 aliphatic carbocycles. The molecule has 0 aromatic carbocycles. The van der Waals surface area contributed by atoms with Crippen LogP contribution < -0.4 is 5.32 Å². The van der Waals surface area contributed by atoms with Crippen LogP contribution in [0, 0.1) is 12.8 Å². The Morgan fingerprint density at radius 2 is 2.33 bits per heavy atom. The summed E-state index contributed by atoms with van der Waals surface area (Å²) in [5.41, 5.74) is 1.35. The van der Waals surface area contributed by atoms with Gasteiger partial charge in [-0.05, 0) is 49.6 Å². The van der Waals surface area contributed by atoms with Crippen LogP contribution in [0.25, 0.3) is 0 Å². The van der Waals surface area contributed by atoms with Crippen molar-refractivity contribution >= 4 is 11.3 Å². The van der Waals surface area contributed by atoms with Gasteiger partial charge in [-0.2, -0.15) is 0 Å². The normalized spacial score (nSPS) is 20.2. The van der Waals surface area contributed by atoms with Crippen molar-refractivity contribution in [2.75, 3.05) is 6.54 Å². The fraction of sp³-hybridized carbons (Fsp3) is 0.667. The second-order valence-electron chi connectivity index (χ2n) is 4.50. The largest absolute Gasteiger partial charge is 0.392 e. The van der Waals surface area contributed by atoms with Gasteiger partial charge in [0.1, 0.15) is 0 Å². The molecule has 2 nitrogen and oxygen atoms in total. The molecule has 0 amide bonds. The molecule has 0 saturated heterocycles. The zero-order valence-corrected chi connectivity index (χ0v) is 10.2. The first-order chi connectivity index (χ1) is 7.18. The van der Waals surface area contributed by atoms with E-state index in [0.717, 1.165) is 6.54 Å². The van der Waals surface area contributed by atoms with Crippen molar-refractivity contribution in [3.8, 4) is 0 Å². The predicted molar refractivity (Wildman–Crippen MR) is 64.2 cm³/mol. The minimum Gasteiger partial charge on any atom is -0.392 e. The maximum absolute atomic E-state index is 9.75. The lowest BCUT2D eigenvalue weighted by molar-refractivity contribution is 0.145. The van der Waals surface area contributed by atoms with Gasteiger partial charge in [0, 0.05) is 17.5 Å². The van der Waals surface area contributed by atoms with Crippen LogP contribution in [-0.2, 0) is 0 Å². The molecular weight excluding hydrogens is 206 g/mol. The molecule has 2 N–H and O–H groups in total. The number of aliphatic hydroxyl groups excluding tert-OH is 1. The van der Waals surface area contributed by atoms with Gasteiger partial charge >= 0.3 is 0 Å². The predicted octanol–water partition coefficient (Wildman–Crippen LogP) is 2.48. The number of thiophene rings is 1. The quantitative estimate of drug-likeness (QED) is 0.807. The summed E-state index contributed by atoms with van der Waals surface area (Å²) in [5.74, 6) is 0.564. The third-order valence-electron chi connectivity index (χ3n) is 3.09. The maximum atomic E-state index is 9.75. The summed E-state index contributed by atoms with van der Waals surface area (Å²) in [7, 11) is 0. The van der Waals surface area contributed by atoms with Crippen molar-refractivity contribution in [3.63, 3.8) is 0 Å². The van der Waals surface area contributed by atoms with Crippen molar-refractivity contribution < 1.29 is 5.11 Å². The third-order valence-corrected chi connectivity index (χ3v) is 4.30. The molecular formula is C12H19NOS. The van der Waals surface area contributed by atoms with Crippen molar-refractivity contribution in [1.82, 2.24) is 5.32 Å². The SMILES string of the molecule is Cc1ccsc1C(C)NCC(O)C1CC1. The van der Waals surface area contributed by atoms with Crippen LogP contribution >= 0.6 is 11.3 Å². The number of hydrogen-bond acceptors (Lipinski definition) is 3. The Labute approximate surface area is 95.3 Å². The summed E-state index contributed by atoms with van der Waals surface area (Å²) in [6.45, 7) is 5.03. The van der Waals surface area contributed by atoms with E-state index in [9.17, 15) is 5.11 Å². The first-order valence-corrected chi connectivity index (χ1v) is 6.52. The van der Waals surface area contributed by atoms with E-state index in [-0.39, 0.29) is 6.10 Å². The lowest BCUT2D eigenvalue weighted by Crippen LogP contribution is -2.30. The molecule has 1 aromatic rings. The number of rotatable bonds is 5. The van der Waals surface area contributed by atoms with Crippen molar-refractivity contribution in [1.29, 1.82) is 0 Å². The van der Waals surface area contributed by atoms with Crippen molar-refractivity contribution in [3.05, 3.63) is 21.9 Å². The van der Waals surface area contributed by atoms with Crippen molar-refractivity contribution in [2.24, 2.45) is 5.92 Å². The molecule has 1 fully saturated rings. The van der Waals surface area contributed by atoms with Crippen LogP contribution in [0.15, 0.2) is 11.4 Å². The van der Waals surface area contributed by atoms with Gasteiger partial charge < -0.3 is 10.4 Å². The summed E-state index contributed by atoms with van der Waals surface area (Å²) in [5, 5.41) is 15.3. The fourth-order valence-corrected chi connectivity index (χ4v) is 2.83. The molecule has 15 heavy (non-hydrogen) atoms. The average Bonchev–Trinajstić information content (AvgIpc) is 2.98. The Balaban J connectivity index is 1.81. The molecule has 1 aliphatic rings. The molecule has 2 rings (SSSR count). The highest BCUT2D eigenvalue weighted by Gasteiger charge is 2.29. The molecule has 2 atom stereocenters. The van der Waals surface area contributed by atoms with Crippen LogP contribution in [0.1, 0.15) is 36.2 Å². The van der Waals surface area contributed by atoms with E-state index >= 15 is 0 Å². The Morgan fingerprint density at radius 3 is 2.87 bits per heavy atom. The van der Waals surface area contributed by atoms with Gasteiger partial charge in [0.05, 0.1) is 6.10 Å². The van der Waals surface area contributed by atoms with Gasteiger partial charge in [0.15, 0.2) is 0 Å². The zero-order chi connectivity index (χ0) is 10.8. The molecule has 0 bridgehead atoms. The molecule has 84 valence electrons. The molecule has 3 heteroatoms. The second kappa shape index (κ2) is 4.64. The van der Waals surface area contributed by atoms with Gasteiger partial charge in [0.25, 0.3) is 0 Å². The fourth-order valence-electron chi connectivity index (χ4n) is 1.87. The molecule has 2 unspecified atom stereocenters. The molecule has 0 radical (unpaired) electrons. The van der Waals surface area contributed by atoms with E-state index in [1.807, 2.05) is 0 Å². The summed E-state index contributed by atoms with van der Waals surface area (Å²) >= 11 is 1.79. The highest BCUT2D eigenvalue weighted by Crippen LogP contribution is 2.32. The molecule has 0 spiro atoms. The van der Waals surface area contributed by atoms with E-state index < -0.39 is 0 Å². The Morgan fingerprint density at radius 1 is 1.60 bits per heavy atom. The number of nitrogens with one attached hydrogen (secondary N) is 1. The molecule has 1 aromatic heterocycles. The average molecular weight is 225 g/mol. The van der Waals surface area contributed by atoms with E-state index in [2.05, 4.69) is 30.6 Å². The molecule has 0 aliphatic heterocycles. The Bertz CT molecular complexity index is 319. The van der Waals surface area contributed by atoms with E-state index in [1.54, 1.807) is 11.3 Å². The minimum absolute atomic E-state index is 0.146. The van der Waals surface area contributed by atoms with Crippen LogP contribution in [0.2, 0.25) is 0 Å². The van der Waals surface area contributed by atoms with Gasteiger partial charge in [-0.25, -0.2) is 0 Å². The summed E-state index contributed by atoms with van der Waals surface area (Å²) < 4.78 is 0. The number of aliphatic hydroxyl groups is 1. The van der Waals surface area contributed by atoms with Crippen molar-refractivity contribution in [2.45, 2.75) is 38.8 Å². The first kappa shape index (κ1) is 11.1. The Kier molecular flexibility index (Phi) is 3.44. The third kappa shape index (κ3) is 2.80. The highest BCUT2D eigenvalue weighted by molar-refractivity contribution is 7.10. The molecule has 1 saturated carbocycles. The van der Waals surface area contributed by atoms with E-state index in [0.29, 0.717) is 12.0 Å². The lowest BCUT2D eigenvalue weighted by atomic mass is 10.1. The van der Waals surface area contributed by atoms with E-state index in [4.69, 9.17) is 0 Å². The monoisotopic (exact) mass is 225 g/mol. The van der Waals surface area contributed by atoms with Crippen LogP contribution in [0.3, 0.4) is 0 Å². The number of hydrogen-bond donors (Lipinski definition) is 2. The smallest absolute Gasteiger partial charge is 0.0692 e. The van der Waals surface area contributed by atoms with Crippen LogP contribution in [0.5, 0.6) is 0 Å². The zero-order valence-electron chi connectivity index (χ0n) is 9.36. The number of aryl methyl sites for hydroxylation is 1. The maximum Gasteiger partial charge on any atom is 0.0692 e. The van der Waals surface area contributed by atoms with Gasteiger partial charge in [-0.3, -0.25) is 0 Å². The first-order valence-electron chi connectivity index (χ1n) is 5.64. The van der Waals surface area contributed by atoms with Gasteiger partial charge in [0.2, 0.25) is 0 Å². The lowest BCUT2D eigenvalue weighted by Gasteiger charge is -2.16. The summed E-state index contributed by atoms with van der Waals surface area (Å²) in [6.07, 6.45) is 2.26. The van der Waals surface area contributed by atoms with E-state index in [1.165, 1.54) is 23.3 Å². The Hall–Kier alpha value is -0.380. The standard InChI is InChI=1S/C12H19NOS/c1-8-5-6-15-12(8)9(2)13-7-11(14)10-3-4-10/h5-6,9-11,13-14H,3-4,7H2,1-2H3. The highest BCUT2D eigenvalue weighted by atomic mass is 32.1.